The molecule has 0 saturated carbocycles. The van der Waals surface area contributed by atoms with Crippen LogP contribution < -0.4 is 9.80 Å². The van der Waals surface area contributed by atoms with Gasteiger partial charge in [-0.25, -0.2) is 0 Å². The molecule has 17 aromatic rings. The van der Waals surface area contributed by atoms with Crippen molar-refractivity contribution >= 4 is 56.1 Å². The first-order chi connectivity index (χ1) is 51.4. The van der Waals surface area contributed by atoms with Gasteiger partial charge >= 0.3 is 0 Å². The fourth-order valence-electron chi connectivity index (χ4n) is 19.1. The maximum absolute atomic E-state index is 7.01. The van der Waals surface area contributed by atoms with Crippen LogP contribution in [-0.2, 0) is 16.2 Å². The van der Waals surface area contributed by atoms with E-state index in [1.807, 2.05) is 0 Å². The van der Waals surface area contributed by atoms with E-state index < -0.39 is 16.2 Å². The van der Waals surface area contributed by atoms with Crippen molar-refractivity contribution in [2.45, 2.75) is 30.1 Å². The number of fused-ring (bicyclic) bond motifs is 19. The summed E-state index contributed by atoms with van der Waals surface area (Å²) in [4.78, 5) is 4.97. The quantitative estimate of drug-likeness (QED) is 0.129. The molecule has 0 radical (unpaired) electrons. The third-order valence-electron chi connectivity index (χ3n) is 23.3. The fourth-order valence-corrected chi connectivity index (χ4v) is 19.1. The average molecular weight is 1330 g/mol. The minimum atomic E-state index is -0.611. The first-order valence-electron chi connectivity index (χ1n) is 36.3. The van der Waals surface area contributed by atoms with E-state index in [0.29, 0.717) is 0 Å². The second kappa shape index (κ2) is 23.0. The van der Waals surface area contributed by atoms with Gasteiger partial charge in [-0.05, 0) is 197 Å². The van der Waals surface area contributed by atoms with Crippen molar-refractivity contribution in [1.29, 1.82) is 0 Å². The van der Waals surface area contributed by atoms with Crippen LogP contribution in [-0.4, -0.2) is 0 Å². The Morgan fingerprint density at radius 2 is 0.587 bits per heavy atom. The van der Waals surface area contributed by atoms with E-state index in [-0.39, 0.29) is 0 Å². The molecule has 488 valence electrons. The summed E-state index contributed by atoms with van der Waals surface area (Å²) in [6, 6.07) is 141. The number of furan rings is 1. The lowest BCUT2D eigenvalue weighted by Crippen LogP contribution is -2.29. The van der Waals surface area contributed by atoms with Crippen LogP contribution in [0.1, 0.15) is 77.9 Å². The molecule has 1 heterocycles. The Kier molecular flexibility index (Phi) is 13.2. The number of nitrogens with zero attached hydrogens (tertiary/aromatic N) is 2. The van der Waals surface area contributed by atoms with Gasteiger partial charge in [-0.15, -0.1) is 0 Å². The number of benzene rings is 16. The molecule has 0 aliphatic heterocycles. The van der Waals surface area contributed by atoms with Crippen molar-refractivity contribution in [3.8, 4) is 55.6 Å². The number of aryl methyl sites for hydroxylation is 2. The van der Waals surface area contributed by atoms with Gasteiger partial charge in [0.05, 0.1) is 27.6 Å². The summed E-state index contributed by atoms with van der Waals surface area (Å²) in [5, 5.41) is 2.17. The normalized spacial score (nSPS) is 13.9. The van der Waals surface area contributed by atoms with Crippen LogP contribution in [0.4, 0.5) is 34.1 Å². The monoisotopic (exact) mass is 1320 g/mol. The van der Waals surface area contributed by atoms with Crippen LogP contribution in [0.15, 0.2) is 381 Å². The summed E-state index contributed by atoms with van der Waals surface area (Å²) in [7, 11) is 0. The molecule has 0 N–H and O–H groups in total. The van der Waals surface area contributed by atoms with E-state index in [9.17, 15) is 0 Å². The van der Waals surface area contributed by atoms with Gasteiger partial charge in [0.25, 0.3) is 0 Å². The summed E-state index contributed by atoms with van der Waals surface area (Å²) in [6.07, 6.45) is 0. The summed E-state index contributed by atoms with van der Waals surface area (Å²) >= 11 is 0. The molecule has 0 fully saturated rings. The zero-order valence-electron chi connectivity index (χ0n) is 57.6. The molecule has 1 aromatic heterocycles. The molecular weight excluding hydrogens is 1260 g/mol. The van der Waals surface area contributed by atoms with Crippen LogP contribution in [0, 0.1) is 13.8 Å². The highest BCUT2D eigenvalue weighted by Gasteiger charge is 2.53. The molecule has 0 unspecified atom stereocenters. The van der Waals surface area contributed by atoms with Crippen LogP contribution in [0.2, 0.25) is 0 Å². The van der Waals surface area contributed by atoms with Gasteiger partial charge in [-0.1, -0.05) is 321 Å². The van der Waals surface area contributed by atoms with Crippen molar-refractivity contribution < 1.29 is 4.42 Å². The largest absolute Gasteiger partial charge is 0.454 e. The number of anilines is 6. The van der Waals surface area contributed by atoms with E-state index in [4.69, 9.17) is 4.42 Å². The minimum absolute atomic E-state index is 0.515. The van der Waals surface area contributed by atoms with Gasteiger partial charge in [0, 0.05) is 39.1 Å². The SMILES string of the molecule is Cc1ccc2c(c1)C(c1ccccc1)(c1ccccc1)c1cc(N(c3ccc(-c4ccc(N(c5cccc6c5-c5ccccc5C65c6ccccc6-c6ccccc65)c5cccc6c5oc5ccccc56)cc4)cc3)c3ccc4c(c3)C(c3ccccc3)(c3ccccc3)c3cc(C)ccc3-4)ccc1-2. The van der Waals surface area contributed by atoms with Crippen molar-refractivity contribution in [2.75, 3.05) is 9.80 Å². The summed E-state index contributed by atoms with van der Waals surface area (Å²) in [5.41, 5.74) is 36.2. The van der Waals surface area contributed by atoms with E-state index in [0.717, 1.165) is 67.2 Å². The Hall–Kier alpha value is -13.1. The second-order valence-corrected chi connectivity index (χ2v) is 28.6. The van der Waals surface area contributed by atoms with Crippen molar-refractivity contribution in [3.05, 3.63) is 454 Å². The highest BCUT2D eigenvalue weighted by atomic mass is 16.3. The lowest BCUT2D eigenvalue weighted by Gasteiger charge is -2.36. The molecule has 1 spiro atoms. The number of hydrogen-bond acceptors (Lipinski definition) is 3. The number of para-hydroxylation sites is 2. The molecule has 0 atom stereocenters. The second-order valence-electron chi connectivity index (χ2n) is 28.6. The topological polar surface area (TPSA) is 19.6 Å². The number of hydrogen-bond donors (Lipinski definition) is 0. The standard InChI is InChI=1S/C101H68N2O/c1-65-45-57-79-81-59-55-75(63-92(81)99(90(79)61-65,69-25-7-3-8-26-69)70-27-9-4-10-28-70)102(76-56-60-82-80-58-46-66(2)62-91(80)100(93(82)64-76,71-29-11-5-12-30-71)72-31-13-6-14-32-72)73-51-47-67(48-52-73)68-49-53-74(54-50-68)103(95-43-23-37-84-83-35-18-22-44-96(83)104-98(84)95)94-42-24-41-89-97(94)85-36-17-21-40-88(85)101(89)86-38-19-15-33-77(86)78-34-16-20-39-87(78)101/h3-64H,1-2H3. The molecule has 0 bridgehead atoms. The van der Waals surface area contributed by atoms with Crippen LogP contribution in [0.3, 0.4) is 0 Å². The summed E-state index contributed by atoms with van der Waals surface area (Å²) in [6.45, 7) is 4.45. The Balaban J connectivity index is 0.743. The lowest BCUT2D eigenvalue weighted by atomic mass is 9.67. The zero-order chi connectivity index (χ0) is 68.8. The molecule has 0 saturated heterocycles. The molecule has 104 heavy (non-hydrogen) atoms. The molecule has 4 aliphatic rings. The Bertz CT molecular complexity index is 6000. The Morgan fingerprint density at radius 1 is 0.231 bits per heavy atom. The Labute approximate surface area is 606 Å². The molecule has 3 nitrogen and oxygen atoms in total. The summed E-state index contributed by atoms with van der Waals surface area (Å²) in [5.74, 6) is 0. The number of rotatable bonds is 11. The first kappa shape index (κ1) is 59.8. The molecule has 0 amide bonds. The van der Waals surface area contributed by atoms with Gasteiger partial charge in [0.2, 0.25) is 0 Å². The van der Waals surface area contributed by atoms with Crippen LogP contribution in [0.5, 0.6) is 0 Å². The van der Waals surface area contributed by atoms with Crippen LogP contribution in [0.25, 0.3) is 77.6 Å². The molecular formula is C101H68N2O. The third kappa shape index (κ3) is 8.35. The van der Waals surface area contributed by atoms with Crippen molar-refractivity contribution in [3.63, 3.8) is 0 Å². The molecule has 16 aromatic carbocycles. The van der Waals surface area contributed by atoms with E-state index in [1.54, 1.807) is 0 Å². The molecule has 3 heteroatoms. The smallest absolute Gasteiger partial charge is 0.159 e. The van der Waals surface area contributed by atoms with Crippen molar-refractivity contribution in [2.24, 2.45) is 0 Å². The third-order valence-corrected chi connectivity index (χ3v) is 23.3. The molecule has 4 aliphatic carbocycles. The van der Waals surface area contributed by atoms with Gasteiger partial charge in [0.1, 0.15) is 5.58 Å². The highest BCUT2D eigenvalue weighted by molar-refractivity contribution is 6.12. The lowest BCUT2D eigenvalue weighted by molar-refractivity contribution is 0.669. The van der Waals surface area contributed by atoms with Crippen LogP contribution >= 0.6 is 0 Å². The molecule has 21 rings (SSSR count). The summed E-state index contributed by atoms with van der Waals surface area (Å²) < 4.78 is 7.01. The first-order valence-corrected chi connectivity index (χ1v) is 36.3. The fraction of sp³-hybridized carbons (Fsp3) is 0.0495. The Morgan fingerprint density at radius 3 is 1.09 bits per heavy atom. The van der Waals surface area contributed by atoms with Gasteiger partial charge in [0.15, 0.2) is 5.58 Å². The maximum atomic E-state index is 7.01. The van der Waals surface area contributed by atoms with E-state index in [1.165, 1.54) is 122 Å². The van der Waals surface area contributed by atoms with E-state index in [2.05, 4.69) is 400 Å². The maximum Gasteiger partial charge on any atom is 0.159 e. The highest BCUT2D eigenvalue weighted by Crippen LogP contribution is 2.66. The van der Waals surface area contributed by atoms with E-state index >= 15 is 0 Å². The average Bonchev–Trinajstić information content (AvgIpc) is 1.52. The van der Waals surface area contributed by atoms with Gasteiger partial charge < -0.3 is 14.2 Å². The van der Waals surface area contributed by atoms with Crippen molar-refractivity contribution in [1.82, 2.24) is 0 Å². The predicted octanol–water partition coefficient (Wildman–Crippen LogP) is 25.9. The predicted molar refractivity (Wildman–Crippen MR) is 429 cm³/mol. The minimum Gasteiger partial charge on any atom is -0.454 e. The van der Waals surface area contributed by atoms with Gasteiger partial charge in [-0.2, -0.15) is 0 Å². The van der Waals surface area contributed by atoms with Gasteiger partial charge in [-0.3, -0.25) is 0 Å². The zero-order valence-corrected chi connectivity index (χ0v) is 57.6.